The Kier molecular flexibility index (Phi) is 11.3. The van der Waals surface area contributed by atoms with Gasteiger partial charge in [-0.2, -0.15) is 0 Å². The molecule has 1 unspecified atom stereocenters. The van der Waals surface area contributed by atoms with Gasteiger partial charge in [0.1, 0.15) is 0 Å². The standard InChI is InChI=1S/C15H8F6.C13H9.C11H17.2ClH.Zr/c16-14(17,18)12-5-1-3-10(8-12)7-11-4-2-6-13(9-11)15(19,20)21;1-3-7-12-10(5-1)9-11-6-2-4-8-13(11)12;1-5-9-6-7-10(8-9)11(2,3)4;;;/h1-6,8-9H;1-9H;7-9H,5H2,1-4H3;2*1H;/q;;;;;+2/p-2. The van der Waals surface area contributed by atoms with Crippen molar-refractivity contribution in [3.63, 3.8) is 0 Å². The summed E-state index contributed by atoms with van der Waals surface area (Å²) in [5, 5.41) is 0. The Hall–Kier alpha value is -2.73. The molecule has 0 radical (unpaired) electrons. The largest absolute Gasteiger partial charge is 1.00 e. The van der Waals surface area contributed by atoms with Gasteiger partial charge >= 0.3 is 275 Å². The van der Waals surface area contributed by atoms with Crippen LogP contribution in [0.15, 0.2) is 118 Å². The van der Waals surface area contributed by atoms with Crippen molar-refractivity contribution in [3.8, 4) is 11.1 Å². The number of benzene rings is 4. The monoisotopic (exact) mass is 776 g/mol. The summed E-state index contributed by atoms with van der Waals surface area (Å²) in [5.41, 5.74) is 4.35. The summed E-state index contributed by atoms with van der Waals surface area (Å²) < 4.78 is 86.8. The normalized spacial score (nSPS) is 15.6. The first kappa shape index (κ1) is 38.1. The molecule has 2 aliphatic rings. The molecule has 0 aliphatic heterocycles. The van der Waals surface area contributed by atoms with Gasteiger partial charge in [0.2, 0.25) is 0 Å². The van der Waals surface area contributed by atoms with Crippen molar-refractivity contribution in [2.45, 2.75) is 50.1 Å². The number of alkyl halides is 6. The van der Waals surface area contributed by atoms with Gasteiger partial charge in [0.25, 0.3) is 0 Å². The van der Waals surface area contributed by atoms with Crippen molar-refractivity contribution < 1.29 is 72.4 Å². The zero-order valence-corrected chi connectivity index (χ0v) is 30.7. The van der Waals surface area contributed by atoms with Crippen LogP contribution >= 0.6 is 0 Å². The minimum atomic E-state index is -4.61. The van der Waals surface area contributed by atoms with Crippen LogP contribution in [0.4, 0.5) is 26.3 Å². The maximum Gasteiger partial charge on any atom is -1.00 e. The van der Waals surface area contributed by atoms with Crippen molar-refractivity contribution in [1.82, 2.24) is 0 Å². The van der Waals surface area contributed by atoms with Crippen LogP contribution in [0, 0.1) is 11.3 Å². The Morgan fingerprint density at radius 1 is 0.646 bits per heavy atom. The first-order chi connectivity index (χ1) is 21.7. The molecule has 9 heteroatoms. The smallest absolute Gasteiger partial charge is 1.00 e. The van der Waals surface area contributed by atoms with E-state index < -0.39 is 44.7 Å². The Morgan fingerprint density at radius 3 is 1.52 bits per heavy atom. The van der Waals surface area contributed by atoms with E-state index in [1.165, 1.54) is 15.4 Å². The SMILES string of the molecule is CCC1C=C(C(C)(C)C)C=[C]1[Zr+2](=[C](c1cccc(C(F)(F)F)c1)c1cccc(C(F)(F)F)c1)[CH]1c2ccccc2-c2ccccc21.[Cl-].[Cl-]. The van der Waals surface area contributed by atoms with E-state index in [-0.39, 0.29) is 39.8 Å². The molecule has 48 heavy (non-hydrogen) atoms. The summed E-state index contributed by atoms with van der Waals surface area (Å²) in [7, 11) is 0. The van der Waals surface area contributed by atoms with Gasteiger partial charge in [0.05, 0.1) is 0 Å². The Morgan fingerprint density at radius 2 is 1.10 bits per heavy atom. The molecule has 0 amide bonds. The molecule has 0 fully saturated rings. The van der Waals surface area contributed by atoms with Gasteiger partial charge in [-0.1, -0.05) is 0 Å². The number of hydrogen-bond acceptors (Lipinski definition) is 0. The minimum absolute atomic E-state index is 0. The van der Waals surface area contributed by atoms with Crippen LogP contribution < -0.4 is 24.8 Å². The second-order valence-corrected chi connectivity index (χ2v) is 19.1. The third kappa shape index (κ3) is 7.25. The fraction of sp³-hybridized carbons (Fsp3) is 0.256. The van der Waals surface area contributed by atoms with E-state index in [0.717, 1.165) is 58.5 Å². The van der Waals surface area contributed by atoms with E-state index in [2.05, 4.69) is 64.1 Å². The summed E-state index contributed by atoms with van der Waals surface area (Å²) in [6, 6.07) is 26.6. The molecule has 4 aromatic carbocycles. The van der Waals surface area contributed by atoms with E-state index in [9.17, 15) is 26.3 Å². The number of rotatable bonds is 5. The van der Waals surface area contributed by atoms with E-state index >= 15 is 0 Å². The Labute approximate surface area is 298 Å². The molecule has 0 nitrogen and oxygen atoms in total. The molecule has 0 bridgehead atoms. The molecule has 1 atom stereocenters. The average molecular weight is 779 g/mol. The topological polar surface area (TPSA) is 0 Å². The predicted molar refractivity (Wildman–Crippen MR) is 169 cm³/mol. The van der Waals surface area contributed by atoms with Crippen LogP contribution in [0.5, 0.6) is 0 Å². The van der Waals surface area contributed by atoms with Crippen LogP contribution in [0.2, 0.25) is 0 Å². The van der Waals surface area contributed by atoms with Crippen molar-refractivity contribution in [2.24, 2.45) is 11.3 Å². The van der Waals surface area contributed by atoms with Gasteiger partial charge in [0, 0.05) is 0 Å². The molecule has 0 aromatic heterocycles. The molecule has 6 rings (SSSR count). The van der Waals surface area contributed by atoms with Gasteiger partial charge in [0.15, 0.2) is 0 Å². The van der Waals surface area contributed by atoms with Crippen LogP contribution in [-0.4, -0.2) is 3.21 Å². The fourth-order valence-electron chi connectivity index (χ4n) is 6.81. The molecular formula is C39H34Cl2F6Zr. The van der Waals surface area contributed by atoms with Crippen LogP contribution in [-0.2, 0) is 33.6 Å². The molecular weight excluding hydrogens is 745 g/mol. The van der Waals surface area contributed by atoms with E-state index in [0.29, 0.717) is 14.3 Å². The number of hydrogen-bond donors (Lipinski definition) is 0. The maximum absolute atomic E-state index is 14.2. The molecule has 2 aliphatic carbocycles. The summed E-state index contributed by atoms with van der Waals surface area (Å²) in [6.07, 6.45) is -3.91. The zero-order valence-electron chi connectivity index (χ0n) is 26.8. The predicted octanol–water partition coefficient (Wildman–Crippen LogP) is 5.59. The van der Waals surface area contributed by atoms with Crippen LogP contribution in [0.1, 0.15) is 71.1 Å². The molecule has 0 saturated heterocycles. The maximum atomic E-state index is 14.2. The summed E-state index contributed by atoms with van der Waals surface area (Å²) >= 11 is -3.62. The quantitative estimate of drug-likeness (QED) is 0.232. The van der Waals surface area contributed by atoms with Gasteiger partial charge in [-0.25, -0.2) is 0 Å². The summed E-state index contributed by atoms with van der Waals surface area (Å²) in [5.74, 6) is 0.0372. The van der Waals surface area contributed by atoms with Gasteiger partial charge in [-0.15, -0.1) is 0 Å². The second kappa shape index (κ2) is 14.3. The zero-order chi connectivity index (χ0) is 33.0. The fourth-order valence-corrected chi connectivity index (χ4v) is 16.6. The van der Waals surface area contributed by atoms with Gasteiger partial charge in [-0.05, 0) is 0 Å². The average Bonchev–Trinajstić information content (AvgIpc) is 3.59. The number of halogens is 8. The molecule has 0 heterocycles. The Bertz CT molecular complexity index is 1810. The van der Waals surface area contributed by atoms with E-state index in [4.69, 9.17) is 0 Å². The third-order valence-electron chi connectivity index (χ3n) is 9.06. The van der Waals surface area contributed by atoms with Crippen molar-refractivity contribution in [2.75, 3.05) is 0 Å². The minimum Gasteiger partial charge on any atom is -1.00 e. The van der Waals surface area contributed by atoms with E-state index in [1.807, 2.05) is 24.3 Å². The number of allylic oxidation sites excluding steroid dienone is 4. The van der Waals surface area contributed by atoms with Crippen molar-refractivity contribution >= 4 is 3.21 Å². The summed E-state index contributed by atoms with van der Waals surface area (Å²) in [4.78, 5) is 0. The Balaban J connectivity index is 0.00000260. The molecule has 0 spiro atoms. The summed E-state index contributed by atoms with van der Waals surface area (Å²) in [6.45, 7) is 8.52. The first-order valence-corrected chi connectivity index (χ1v) is 19.3. The number of fused-ring (bicyclic) bond motifs is 3. The van der Waals surface area contributed by atoms with Crippen molar-refractivity contribution in [3.05, 3.63) is 151 Å². The van der Waals surface area contributed by atoms with E-state index in [1.54, 1.807) is 12.1 Å². The van der Waals surface area contributed by atoms with Gasteiger partial charge in [-0.3, -0.25) is 0 Å². The third-order valence-corrected chi connectivity index (χ3v) is 17.5. The van der Waals surface area contributed by atoms with Crippen molar-refractivity contribution in [1.29, 1.82) is 0 Å². The molecule has 0 N–H and O–H groups in total. The van der Waals surface area contributed by atoms with Gasteiger partial charge < -0.3 is 24.8 Å². The molecule has 0 saturated carbocycles. The molecule has 250 valence electrons. The molecule has 4 aromatic rings. The second-order valence-electron chi connectivity index (χ2n) is 13.0. The van der Waals surface area contributed by atoms with Crippen LogP contribution in [0.3, 0.4) is 0 Å². The first-order valence-electron chi connectivity index (χ1n) is 15.4. The van der Waals surface area contributed by atoms with Crippen LogP contribution in [0.25, 0.3) is 11.1 Å².